The van der Waals surface area contributed by atoms with Crippen molar-refractivity contribution in [2.45, 2.75) is 33.2 Å². The number of rotatable bonds is 4. The van der Waals surface area contributed by atoms with Gasteiger partial charge in [0, 0.05) is 11.1 Å². The van der Waals surface area contributed by atoms with E-state index < -0.39 is 12.0 Å². The van der Waals surface area contributed by atoms with Crippen LogP contribution in [0.1, 0.15) is 29.8 Å². The van der Waals surface area contributed by atoms with Crippen LogP contribution in [0.3, 0.4) is 0 Å². The number of aromatic nitrogens is 3. The maximum absolute atomic E-state index is 13.1. The summed E-state index contributed by atoms with van der Waals surface area (Å²) in [6.07, 6.45) is 1.88. The monoisotopic (exact) mass is 343 g/mol. The first-order valence-electron chi connectivity index (χ1n) is 7.62. The predicted molar refractivity (Wildman–Crippen MR) is 93.5 cm³/mol. The summed E-state index contributed by atoms with van der Waals surface area (Å²) in [6, 6.07) is 4.30. The molecule has 0 aliphatic rings. The Bertz CT molecular complexity index is 976. The van der Waals surface area contributed by atoms with Crippen molar-refractivity contribution in [1.82, 2.24) is 14.5 Å². The minimum absolute atomic E-state index is 0.282. The maximum Gasteiger partial charge on any atom is 0.326 e. The summed E-state index contributed by atoms with van der Waals surface area (Å²) < 4.78 is 1.27. The molecule has 0 radical (unpaired) electrons. The minimum Gasteiger partial charge on any atom is -0.480 e. The van der Waals surface area contributed by atoms with Gasteiger partial charge in [-0.1, -0.05) is 13.0 Å². The zero-order valence-electron chi connectivity index (χ0n) is 13.6. The smallest absolute Gasteiger partial charge is 0.326 e. The van der Waals surface area contributed by atoms with Crippen LogP contribution < -0.4 is 5.56 Å². The molecule has 1 unspecified atom stereocenters. The number of carboxylic acids is 1. The van der Waals surface area contributed by atoms with Crippen LogP contribution >= 0.6 is 11.3 Å². The van der Waals surface area contributed by atoms with Gasteiger partial charge in [0.1, 0.15) is 16.6 Å². The molecule has 124 valence electrons. The van der Waals surface area contributed by atoms with Crippen LogP contribution in [0, 0.1) is 13.8 Å². The molecular weight excluding hydrogens is 326 g/mol. The fourth-order valence-electron chi connectivity index (χ4n) is 2.74. The van der Waals surface area contributed by atoms with Crippen molar-refractivity contribution in [3.63, 3.8) is 0 Å². The molecule has 0 aliphatic carbocycles. The molecule has 1 atom stereocenters. The van der Waals surface area contributed by atoms with Gasteiger partial charge in [-0.2, -0.15) is 0 Å². The highest BCUT2D eigenvalue weighted by atomic mass is 32.1. The van der Waals surface area contributed by atoms with E-state index in [1.54, 1.807) is 31.3 Å². The first-order valence-corrected chi connectivity index (χ1v) is 8.43. The van der Waals surface area contributed by atoms with Crippen molar-refractivity contribution >= 4 is 27.5 Å². The highest BCUT2D eigenvalue weighted by Crippen LogP contribution is 2.29. The summed E-state index contributed by atoms with van der Waals surface area (Å²) >= 11 is 1.44. The summed E-state index contributed by atoms with van der Waals surface area (Å²) in [7, 11) is 0. The Kier molecular flexibility index (Phi) is 4.19. The quantitative estimate of drug-likeness (QED) is 0.786. The Morgan fingerprint density at radius 3 is 2.71 bits per heavy atom. The van der Waals surface area contributed by atoms with Gasteiger partial charge in [0.05, 0.1) is 5.39 Å². The first kappa shape index (κ1) is 16.3. The van der Waals surface area contributed by atoms with Crippen LogP contribution in [0.2, 0.25) is 0 Å². The molecule has 0 bridgehead atoms. The third kappa shape index (κ3) is 2.50. The van der Waals surface area contributed by atoms with E-state index in [0.717, 1.165) is 10.4 Å². The van der Waals surface area contributed by atoms with Crippen molar-refractivity contribution in [3.8, 4) is 11.5 Å². The number of hydrogen-bond acceptors (Lipinski definition) is 5. The molecule has 6 nitrogen and oxygen atoms in total. The lowest BCUT2D eigenvalue weighted by Crippen LogP contribution is -2.32. The van der Waals surface area contributed by atoms with Crippen molar-refractivity contribution in [3.05, 3.63) is 45.2 Å². The second-order valence-electron chi connectivity index (χ2n) is 5.55. The third-order valence-electron chi connectivity index (χ3n) is 4.11. The molecule has 7 heteroatoms. The largest absolute Gasteiger partial charge is 0.480 e. The maximum atomic E-state index is 13.1. The van der Waals surface area contributed by atoms with Gasteiger partial charge < -0.3 is 5.11 Å². The van der Waals surface area contributed by atoms with E-state index in [1.807, 2.05) is 13.8 Å². The van der Waals surface area contributed by atoms with Gasteiger partial charge in [-0.05, 0) is 38.0 Å². The zero-order chi connectivity index (χ0) is 17.4. The van der Waals surface area contributed by atoms with Gasteiger partial charge in [0.15, 0.2) is 5.82 Å². The average molecular weight is 343 g/mol. The Balaban J connectivity index is 2.45. The summed E-state index contributed by atoms with van der Waals surface area (Å²) in [5, 5.41) is 10.1. The number of aliphatic carboxylic acids is 1. The van der Waals surface area contributed by atoms with E-state index in [9.17, 15) is 14.7 Å². The molecule has 3 heterocycles. The fourth-order valence-corrected chi connectivity index (χ4v) is 3.76. The highest BCUT2D eigenvalue weighted by Gasteiger charge is 2.26. The molecule has 0 fully saturated rings. The van der Waals surface area contributed by atoms with E-state index >= 15 is 0 Å². The Labute approximate surface area is 142 Å². The number of thiophene rings is 1. The molecular formula is C17H17N3O3S. The molecule has 0 spiro atoms. The van der Waals surface area contributed by atoms with E-state index in [2.05, 4.69) is 9.97 Å². The van der Waals surface area contributed by atoms with Crippen LogP contribution in [0.25, 0.3) is 21.7 Å². The van der Waals surface area contributed by atoms with E-state index in [1.165, 1.54) is 15.9 Å². The van der Waals surface area contributed by atoms with Crippen molar-refractivity contribution < 1.29 is 9.90 Å². The summed E-state index contributed by atoms with van der Waals surface area (Å²) in [6.45, 7) is 5.54. The number of nitrogens with zero attached hydrogens (tertiary/aromatic N) is 3. The van der Waals surface area contributed by atoms with Crippen LogP contribution in [0.4, 0.5) is 0 Å². The van der Waals surface area contributed by atoms with Crippen molar-refractivity contribution in [1.29, 1.82) is 0 Å². The molecule has 0 amide bonds. The highest BCUT2D eigenvalue weighted by molar-refractivity contribution is 7.18. The van der Waals surface area contributed by atoms with Crippen LogP contribution in [0.15, 0.2) is 29.2 Å². The van der Waals surface area contributed by atoms with Gasteiger partial charge in [0.25, 0.3) is 5.56 Å². The van der Waals surface area contributed by atoms with E-state index in [-0.39, 0.29) is 12.0 Å². The molecule has 0 saturated heterocycles. The Hall–Kier alpha value is -2.54. The summed E-state index contributed by atoms with van der Waals surface area (Å²) in [4.78, 5) is 35.3. The minimum atomic E-state index is -1.05. The molecule has 3 rings (SSSR count). The van der Waals surface area contributed by atoms with E-state index in [4.69, 9.17) is 0 Å². The lowest BCUT2D eigenvalue weighted by molar-refractivity contribution is -0.141. The number of aryl methyl sites for hydroxylation is 2. The number of carbonyl (C=O) groups is 1. The number of carboxylic acid groups (broad SMARTS) is 1. The second-order valence-corrected chi connectivity index (χ2v) is 6.75. The van der Waals surface area contributed by atoms with E-state index in [0.29, 0.717) is 21.7 Å². The van der Waals surface area contributed by atoms with Crippen LogP contribution in [-0.4, -0.2) is 25.6 Å². The zero-order valence-corrected chi connectivity index (χ0v) is 14.4. The normalized spacial score (nSPS) is 12.5. The molecule has 24 heavy (non-hydrogen) atoms. The molecule has 0 aromatic carbocycles. The van der Waals surface area contributed by atoms with Gasteiger partial charge in [-0.25, -0.2) is 9.78 Å². The summed E-state index contributed by atoms with van der Waals surface area (Å²) in [5.41, 5.74) is 1.02. The van der Waals surface area contributed by atoms with Crippen LogP contribution in [-0.2, 0) is 4.79 Å². The molecule has 0 saturated carbocycles. The first-order chi connectivity index (χ1) is 11.5. The molecule has 1 N–H and O–H groups in total. The van der Waals surface area contributed by atoms with Gasteiger partial charge in [0.2, 0.25) is 0 Å². The lowest BCUT2D eigenvalue weighted by atomic mass is 10.1. The fraction of sp³-hybridized carbons (Fsp3) is 0.294. The Morgan fingerprint density at radius 1 is 1.38 bits per heavy atom. The predicted octanol–water partition coefficient (Wildman–Crippen LogP) is 3.17. The van der Waals surface area contributed by atoms with Crippen molar-refractivity contribution in [2.24, 2.45) is 0 Å². The average Bonchev–Trinajstić information content (AvgIpc) is 2.85. The standard InChI is InChI=1S/C17H17N3O3S/c1-4-12(17(22)23)20-14(11-7-5-6-8-18-11)19-15-13(16(20)21)9(2)10(3)24-15/h5-8,12H,4H2,1-3H3,(H,22,23). The third-order valence-corrected chi connectivity index (χ3v) is 5.21. The molecule has 0 aliphatic heterocycles. The number of fused-ring (bicyclic) bond motifs is 1. The van der Waals surface area contributed by atoms with Gasteiger partial charge >= 0.3 is 5.97 Å². The van der Waals surface area contributed by atoms with Crippen molar-refractivity contribution in [2.75, 3.05) is 0 Å². The SMILES string of the molecule is CCC(C(=O)O)n1c(-c2ccccn2)nc2sc(C)c(C)c2c1=O. The second kappa shape index (κ2) is 6.16. The number of hydrogen-bond donors (Lipinski definition) is 1. The molecule has 3 aromatic rings. The summed E-state index contributed by atoms with van der Waals surface area (Å²) in [5.74, 6) is -0.758. The van der Waals surface area contributed by atoms with Gasteiger partial charge in [-0.15, -0.1) is 11.3 Å². The van der Waals surface area contributed by atoms with Gasteiger partial charge in [-0.3, -0.25) is 14.3 Å². The molecule has 3 aromatic heterocycles. The number of pyridine rings is 1. The lowest BCUT2D eigenvalue weighted by Gasteiger charge is -2.18. The Morgan fingerprint density at radius 2 is 2.12 bits per heavy atom. The topological polar surface area (TPSA) is 85.1 Å². The van der Waals surface area contributed by atoms with Crippen LogP contribution in [0.5, 0.6) is 0 Å².